The fraction of sp³-hybridized carbons (Fsp3) is 0.0500. The Morgan fingerprint density at radius 3 is 2.75 bits per heavy atom. The summed E-state index contributed by atoms with van der Waals surface area (Å²) in [5.41, 5.74) is 1.96. The molecule has 0 radical (unpaired) electrons. The van der Waals surface area contributed by atoms with Gasteiger partial charge in [-0.2, -0.15) is 5.26 Å². The highest BCUT2D eigenvalue weighted by Gasteiger charge is 2.24. The average Bonchev–Trinajstić information content (AvgIpc) is 2.81. The molecule has 4 rings (SSSR count). The van der Waals surface area contributed by atoms with Crippen LogP contribution in [-0.4, -0.2) is 15.9 Å². The number of anilines is 4. The smallest absolute Gasteiger partial charge is 0.173 e. The summed E-state index contributed by atoms with van der Waals surface area (Å²) in [6.07, 6.45) is 1.44. The molecule has 138 valence electrons. The number of phenols is 1. The van der Waals surface area contributed by atoms with Gasteiger partial charge in [0.15, 0.2) is 17.3 Å². The summed E-state index contributed by atoms with van der Waals surface area (Å²) in [7, 11) is 0. The summed E-state index contributed by atoms with van der Waals surface area (Å²) < 4.78 is 27.3. The van der Waals surface area contributed by atoms with E-state index in [4.69, 9.17) is 5.26 Å². The van der Waals surface area contributed by atoms with E-state index in [1.54, 1.807) is 18.2 Å². The van der Waals surface area contributed by atoms with E-state index >= 15 is 0 Å². The minimum Gasteiger partial charge on any atom is -0.505 e. The fourth-order valence-electron chi connectivity index (χ4n) is 3.04. The maximum atomic E-state index is 14.1. The molecule has 2 aromatic carbocycles. The highest BCUT2D eigenvalue weighted by atomic mass is 19.1. The molecule has 28 heavy (non-hydrogen) atoms. The Morgan fingerprint density at radius 1 is 1.14 bits per heavy atom. The van der Waals surface area contributed by atoms with Crippen molar-refractivity contribution >= 4 is 28.7 Å². The molecule has 0 bridgehead atoms. The maximum Gasteiger partial charge on any atom is 0.173 e. The first-order chi connectivity index (χ1) is 13.5. The number of carbonyl (C=O) groups is 1. The van der Waals surface area contributed by atoms with Gasteiger partial charge in [0.05, 0.1) is 28.6 Å². The molecule has 8 heteroatoms. The highest BCUT2D eigenvalue weighted by molar-refractivity contribution is 6.09. The summed E-state index contributed by atoms with van der Waals surface area (Å²) in [5, 5.41) is 24.4. The molecule has 0 amide bonds. The first-order valence-corrected chi connectivity index (χ1v) is 8.23. The van der Waals surface area contributed by atoms with Crippen molar-refractivity contribution in [2.75, 3.05) is 10.6 Å². The number of carbonyl (C=O) groups excluding carboxylic acids is 1. The number of aromatic hydroxyl groups is 1. The van der Waals surface area contributed by atoms with Crippen LogP contribution in [0.15, 0.2) is 42.6 Å². The topological polar surface area (TPSA) is 98.0 Å². The van der Waals surface area contributed by atoms with Crippen LogP contribution in [0, 0.1) is 23.0 Å². The van der Waals surface area contributed by atoms with Crippen LogP contribution in [-0.2, 0) is 6.42 Å². The first-order valence-electron chi connectivity index (χ1n) is 8.23. The number of phenolic OH excluding ortho intramolecular Hbond substituents is 1. The second kappa shape index (κ2) is 6.63. The van der Waals surface area contributed by atoms with Crippen LogP contribution >= 0.6 is 0 Å². The molecule has 0 unspecified atom stereocenters. The number of nitriles is 1. The quantitative estimate of drug-likeness (QED) is 0.619. The lowest BCUT2D eigenvalue weighted by Gasteiger charge is -2.14. The molecular weight excluding hydrogens is 366 g/mol. The number of nitrogens with zero attached hydrogens (tertiary/aromatic N) is 2. The molecule has 0 spiro atoms. The van der Waals surface area contributed by atoms with Crippen molar-refractivity contribution in [2.24, 2.45) is 0 Å². The SMILES string of the molecule is N#Cc1ccc2c(c1)CC(=O)c1c(Nc3cc(O)c(F)cc3F)ccnc1N2. The van der Waals surface area contributed by atoms with Gasteiger partial charge in [0.25, 0.3) is 0 Å². The van der Waals surface area contributed by atoms with Gasteiger partial charge in [0, 0.05) is 30.4 Å². The van der Waals surface area contributed by atoms with E-state index in [0.29, 0.717) is 22.9 Å². The van der Waals surface area contributed by atoms with Crippen molar-refractivity contribution in [3.05, 3.63) is 70.9 Å². The van der Waals surface area contributed by atoms with Crippen molar-refractivity contribution < 1.29 is 18.7 Å². The number of fused-ring (bicyclic) bond motifs is 2. The number of aromatic nitrogens is 1. The van der Waals surface area contributed by atoms with E-state index in [9.17, 15) is 18.7 Å². The van der Waals surface area contributed by atoms with Crippen LogP contribution in [0.1, 0.15) is 21.5 Å². The van der Waals surface area contributed by atoms with E-state index in [1.807, 2.05) is 6.07 Å². The molecule has 0 aliphatic carbocycles. The maximum absolute atomic E-state index is 14.1. The minimum absolute atomic E-state index is 0.0162. The zero-order chi connectivity index (χ0) is 19.8. The third-order valence-corrected chi connectivity index (χ3v) is 4.37. The lowest BCUT2D eigenvalue weighted by molar-refractivity contribution is 0.0995. The molecule has 1 aliphatic heterocycles. The molecule has 3 N–H and O–H groups in total. The Labute approximate surface area is 158 Å². The monoisotopic (exact) mass is 378 g/mol. The Morgan fingerprint density at radius 2 is 1.96 bits per heavy atom. The minimum atomic E-state index is -1.09. The predicted octanol–water partition coefficient (Wildman–Crippen LogP) is 4.16. The largest absolute Gasteiger partial charge is 0.505 e. The third-order valence-electron chi connectivity index (χ3n) is 4.37. The first kappa shape index (κ1) is 17.4. The summed E-state index contributed by atoms with van der Waals surface area (Å²) in [6, 6.07) is 9.90. The van der Waals surface area contributed by atoms with Gasteiger partial charge in [-0.05, 0) is 29.8 Å². The van der Waals surface area contributed by atoms with Crippen LogP contribution in [0.5, 0.6) is 5.75 Å². The Bertz CT molecular complexity index is 1170. The number of ketones is 1. The summed E-state index contributed by atoms with van der Waals surface area (Å²) in [6.45, 7) is 0. The van der Waals surface area contributed by atoms with Crippen molar-refractivity contribution in [1.82, 2.24) is 4.98 Å². The van der Waals surface area contributed by atoms with Crippen LogP contribution in [0.3, 0.4) is 0 Å². The van der Waals surface area contributed by atoms with Gasteiger partial charge in [-0.1, -0.05) is 0 Å². The highest BCUT2D eigenvalue weighted by Crippen LogP contribution is 2.35. The molecule has 1 aromatic heterocycles. The molecule has 0 saturated heterocycles. The lowest BCUT2D eigenvalue weighted by atomic mass is 10.0. The van der Waals surface area contributed by atoms with E-state index < -0.39 is 17.4 Å². The number of hydrogen-bond acceptors (Lipinski definition) is 6. The normalized spacial score (nSPS) is 12.2. The van der Waals surface area contributed by atoms with Gasteiger partial charge in [-0.3, -0.25) is 4.79 Å². The van der Waals surface area contributed by atoms with Crippen LogP contribution < -0.4 is 10.6 Å². The zero-order valence-electron chi connectivity index (χ0n) is 14.3. The van der Waals surface area contributed by atoms with Gasteiger partial charge >= 0.3 is 0 Å². The average molecular weight is 378 g/mol. The Hall–Kier alpha value is -3.99. The van der Waals surface area contributed by atoms with Gasteiger partial charge in [-0.15, -0.1) is 0 Å². The third kappa shape index (κ3) is 2.99. The van der Waals surface area contributed by atoms with Crippen LogP contribution in [0.4, 0.5) is 31.7 Å². The number of pyridine rings is 1. The van der Waals surface area contributed by atoms with E-state index in [0.717, 1.165) is 6.07 Å². The molecule has 6 nitrogen and oxygen atoms in total. The summed E-state index contributed by atoms with van der Waals surface area (Å²) in [4.78, 5) is 17.1. The van der Waals surface area contributed by atoms with E-state index in [2.05, 4.69) is 15.6 Å². The number of hydrogen-bond donors (Lipinski definition) is 3. The standard InChI is InChI=1S/C20H12F2N4O2/c21-12-7-13(22)17(27)8-16(12)25-15-3-4-24-20-19(15)18(28)6-11-5-10(9-23)1-2-14(11)26-20/h1-5,7-8,27H,6H2,(H2,24,25,26). The number of rotatable bonds is 2. The Kier molecular flexibility index (Phi) is 4.12. The second-order valence-electron chi connectivity index (χ2n) is 6.20. The van der Waals surface area contributed by atoms with Gasteiger partial charge in [0.2, 0.25) is 0 Å². The van der Waals surface area contributed by atoms with Crippen LogP contribution in [0.2, 0.25) is 0 Å². The van der Waals surface area contributed by atoms with Crippen LogP contribution in [0.25, 0.3) is 0 Å². The zero-order valence-corrected chi connectivity index (χ0v) is 14.3. The molecule has 1 aliphatic rings. The molecule has 0 fully saturated rings. The van der Waals surface area contributed by atoms with Gasteiger partial charge in [0.1, 0.15) is 11.6 Å². The van der Waals surface area contributed by atoms with E-state index in [-0.39, 0.29) is 35.0 Å². The van der Waals surface area contributed by atoms with E-state index in [1.165, 1.54) is 12.3 Å². The van der Waals surface area contributed by atoms with Crippen molar-refractivity contribution in [3.8, 4) is 11.8 Å². The van der Waals surface area contributed by atoms with Gasteiger partial charge < -0.3 is 15.7 Å². The fourth-order valence-corrected chi connectivity index (χ4v) is 3.04. The second-order valence-corrected chi connectivity index (χ2v) is 6.20. The van der Waals surface area contributed by atoms with Crippen molar-refractivity contribution in [3.63, 3.8) is 0 Å². The number of halogens is 2. The van der Waals surface area contributed by atoms with Gasteiger partial charge in [-0.25, -0.2) is 13.8 Å². The molecule has 2 heterocycles. The number of nitrogens with one attached hydrogen (secondary N) is 2. The number of Topliss-reactive ketones (excluding diaryl/α,β-unsaturated/α-hetero) is 1. The molecular formula is C20H12F2N4O2. The summed E-state index contributed by atoms with van der Waals surface area (Å²) in [5.74, 6) is -2.75. The number of benzene rings is 2. The summed E-state index contributed by atoms with van der Waals surface area (Å²) >= 11 is 0. The van der Waals surface area contributed by atoms with Crippen molar-refractivity contribution in [2.45, 2.75) is 6.42 Å². The predicted molar refractivity (Wildman–Crippen MR) is 98.0 cm³/mol. The lowest BCUT2D eigenvalue weighted by Crippen LogP contribution is -2.08. The van der Waals surface area contributed by atoms with Crippen molar-refractivity contribution in [1.29, 1.82) is 5.26 Å². The molecule has 3 aromatic rings. The molecule has 0 saturated carbocycles. The molecule has 0 atom stereocenters. The Balaban J connectivity index is 1.77.